The molecule has 1 saturated carbocycles. The molecule has 0 spiro atoms. The van der Waals surface area contributed by atoms with Crippen LogP contribution in [0.3, 0.4) is 0 Å². The summed E-state index contributed by atoms with van der Waals surface area (Å²) in [5.41, 5.74) is 5.73. The molecule has 0 saturated heterocycles. The first-order valence-corrected chi connectivity index (χ1v) is 7.96. The lowest BCUT2D eigenvalue weighted by molar-refractivity contribution is -0.123. The number of hydrogen-bond acceptors (Lipinski definition) is 3. The molecule has 0 aromatic heterocycles. The van der Waals surface area contributed by atoms with Crippen LogP contribution >= 0.6 is 0 Å². The minimum absolute atomic E-state index is 0.101. The first kappa shape index (κ1) is 17.4. The second kappa shape index (κ2) is 7.41. The SMILES string of the molecule is CC1CCCC(N(C)C(CN)CC(=O)NC(C)(C)C)C1. The highest BCUT2D eigenvalue weighted by molar-refractivity contribution is 5.77. The minimum Gasteiger partial charge on any atom is -0.351 e. The van der Waals surface area contributed by atoms with E-state index in [9.17, 15) is 4.79 Å². The van der Waals surface area contributed by atoms with Crippen molar-refractivity contribution in [2.24, 2.45) is 11.7 Å². The highest BCUT2D eigenvalue weighted by atomic mass is 16.1. The Morgan fingerprint density at radius 3 is 2.55 bits per heavy atom. The number of likely N-dealkylation sites (N-methyl/N-ethyl adjacent to an activating group) is 1. The van der Waals surface area contributed by atoms with Gasteiger partial charge in [0, 0.05) is 30.6 Å². The van der Waals surface area contributed by atoms with Gasteiger partial charge in [-0.05, 0) is 46.6 Å². The van der Waals surface area contributed by atoms with Crippen molar-refractivity contribution < 1.29 is 4.79 Å². The predicted octanol–water partition coefficient (Wildman–Crippen LogP) is 2.13. The summed E-state index contributed by atoms with van der Waals surface area (Å²) in [5, 5.41) is 3.03. The molecule has 20 heavy (non-hydrogen) atoms. The van der Waals surface area contributed by atoms with Crippen LogP contribution in [0.4, 0.5) is 0 Å². The average molecular weight is 283 g/mol. The van der Waals surface area contributed by atoms with Gasteiger partial charge in [-0.25, -0.2) is 0 Å². The fraction of sp³-hybridized carbons (Fsp3) is 0.938. The summed E-state index contributed by atoms with van der Waals surface area (Å²) >= 11 is 0. The van der Waals surface area contributed by atoms with Gasteiger partial charge in [0.05, 0.1) is 0 Å². The fourth-order valence-electron chi connectivity index (χ4n) is 3.15. The number of carbonyl (C=O) groups is 1. The van der Waals surface area contributed by atoms with Crippen LogP contribution in [-0.4, -0.2) is 42.0 Å². The summed E-state index contributed by atoms with van der Waals surface area (Å²) in [7, 11) is 2.13. The van der Waals surface area contributed by atoms with E-state index in [0.29, 0.717) is 19.0 Å². The lowest BCUT2D eigenvalue weighted by atomic mass is 9.85. The zero-order valence-corrected chi connectivity index (χ0v) is 13.9. The fourth-order valence-corrected chi connectivity index (χ4v) is 3.15. The van der Waals surface area contributed by atoms with Gasteiger partial charge in [0.2, 0.25) is 5.91 Å². The van der Waals surface area contributed by atoms with Crippen LogP contribution in [0.15, 0.2) is 0 Å². The second-order valence-electron chi connectivity index (χ2n) is 7.48. The van der Waals surface area contributed by atoms with E-state index >= 15 is 0 Å². The molecule has 1 rings (SSSR count). The smallest absolute Gasteiger partial charge is 0.222 e. The van der Waals surface area contributed by atoms with Crippen molar-refractivity contribution in [2.45, 2.75) is 77.4 Å². The third-order valence-corrected chi connectivity index (χ3v) is 4.27. The summed E-state index contributed by atoms with van der Waals surface area (Å²) in [6.07, 6.45) is 5.59. The largest absolute Gasteiger partial charge is 0.351 e. The molecule has 3 N–H and O–H groups in total. The van der Waals surface area contributed by atoms with Crippen molar-refractivity contribution in [1.82, 2.24) is 10.2 Å². The van der Waals surface area contributed by atoms with Crippen LogP contribution in [0.1, 0.15) is 59.8 Å². The number of nitrogens with one attached hydrogen (secondary N) is 1. The normalized spacial score (nSPS) is 25.6. The van der Waals surface area contributed by atoms with Crippen LogP contribution in [0.25, 0.3) is 0 Å². The van der Waals surface area contributed by atoms with Crippen molar-refractivity contribution in [3.8, 4) is 0 Å². The summed E-state index contributed by atoms with van der Waals surface area (Å²) in [5.74, 6) is 0.890. The van der Waals surface area contributed by atoms with Crippen molar-refractivity contribution >= 4 is 5.91 Å². The van der Waals surface area contributed by atoms with Gasteiger partial charge in [-0.1, -0.05) is 19.8 Å². The maximum Gasteiger partial charge on any atom is 0.222 e. The first-order valence-electron chi connectivity index (χ1n) is 7.96. The maximum absolute atomic E-state index is 12.1. The van der Waals surface area contributed by atoms with E-state index in [0.717, 1.165) is 5.92 Å². The Morgan fingerprint density at radius 1 is 1.40 bits per heavy atom. The average Bonchev–Trinajstić information content (AvgIpc) is 2.33. The second-order valence-corrected chi connectivity index (χ2v) is 7.48. The standard InChI is InChI=1S/C16H33N3O/c1-12-7-6-8-13(9-12)19(5)14(11-17)10-15(20)18-16(2,3)4/h12-14H,6-11,17H2,1-5H3,(H,18,20). The van der Waals surface area contributed by atoms with E-state index in [1.165, 1.54) is 25.7 Å². The quantitative estimate of drug-likeness (QED) is 0.812. The molecule has 0 aromatic carbocycles. The highest BCUT2D eigenvalue weighted by Gasteiger charge is 2.28. The molecule has 4 heteroatoms. The van der Waals surface area contributed by atoms with E-state index in [-0.39, 0.29) is 17.5 Å². The summed E-state index contributed by atoms with van der Waals surface area (Å²) < 4.78 is 0. The molecule has 118 valence electrons. The van der Waals surface area contributed by atoms with E-state index < -0.39 is 0 Å². The Labute approximate surface area is 124 Å². The molecule has 4 nitrogen and oxygen atoms in total. The van der Waals surface area contributed by atoms with Crippen LogP contribution in [0, 0.1) is 5.92 Å². The monoisotopic (exact) mass is 283 g/mol. The lowest BCUT2D eigenvalue weighted by Crippen LogP contribution is -2.50. The summed E-state index contributed by atoms with van der Waals surface area (Å²) in [6, 6.07) is 0.724. The van der Waals surface area contributed by atoms with E-state index in [2.05, 4.69) is 24.2 Å². The molecule has 0 aliphatic heterocycles. The van der Waals surface area contributed by atoms with Crippen molar-refractivity contribution in [3.63, 3.8) is 0 Å². The van der Waals surface area contributed by atoms with E-state index in [4.69, 9.17) is 5.73 Å². The lowest BCUT2D eigenvalue weighted by Gasteiger charge is -2.38. The van der Waals surface area contributed by atoms with Gasteiger partial charge in [0.1, 0.15) is 0 Å². The van der Waals surface area contributed by atoms with Crippen LogP contribution in [-0.2, 0) is 4.79 Å². The molecule has 0 bridgehead atoms. The Morgan fingerprint density at radius 2 is 2.05 bits per heavy atom. The molecule has 1 amide bonds. The van der Waals surface area contributed by atoms with Gasteiger partial charge < -0.3 is 11.1 Å². The predicted molar refractivity (Wildman–Crippen MR) is 84.5 cm³/mol. The number of carbonyl (C=O) groups excluding carboxylic acids is 1. The number of hydrogen-bond donors (Lipinski definition) is 2. The van der Waals surface area contributed by atoms with Gasteiger partial charge in [-0.15, -0.1) is 0 Å². The highest BCUT2D eigenvalue weighted by Crippen LogP contribution is 2.28. The molecular weight excluding hydrogens is 250 g/mol. The molecule has 0 aromatic rings. The van der Waals surface area contributed by atoms with Crippen molar-refractivity contribution in [1.29, 1.82) is 0 Å². The van der Waals surface area contributed by atoms with E-state index in [1.54, 1.807) is 0 Å². The van der Waals surface area contributed by atoms with E-state index in [1.807, 2.05) is 20.8 Å². The van der Waals surface area contributed by atoms with Crippen LogP contribution < -0.4 is 11.1 Å². The van der Waals surface area contributed by atoms with Gasteiger partial charge in [-0.3, -0.25) is 9.69 Å². The zero-order chi connectivity index (χ0) is 15.3. The molecule has 1 aliphatic rings. The Hall–Kier alpha value is -0.610. The van der Waals surface area contributed by atoms with Gasteiger partial charge in [0.25, 0.3) is 0 Å². The Kier molecular flexibility index (Phi) is 6.46. The number of nitrogens with two attached hydrogens (primary N) is 1. The third kappa shape index (κ3) is 5.80. The molecule has 3 unspecified atom stereocenters. The third-order valence-electron chi connectivity index (χ3n) is 4.27. The minimum atomic E-state index is -0.172. The first-order chi connectivity index (χ1) is 9.23. The zero-order valence-electron chi connectivity index (χ0n) is 13.9. The van der Waals surface area contributed by atoms with Gasteiger partial charge >= 0.3 is 0 Å². The summed E-state index contributed by atoms with van der Waals surface area (Å²) in [4.78, 5) is 14.4. The molecule has 0 heterocycles. The number of nitrogens with zero attached hydrogens (tertiary/aromatic N) is 1. The topological polar surface area (TPSA) is 58.4 Å². The van der Waals surface area contributed by atoms with Gasteiger partial charge in [-0.2, -0.15) is 0 Å². The van der Waals surface area contributed by atoms with Crippen molar-refractivity contribution in [2.75, 3.05) is 13.6 Å². The van der Waals surface area contributed by atoms with Crippen LogP contribution in [0.2, 0.25) is 0 Å². The molecule has 3 atom stereocenters. The maximum atomic E-state index is 12.1. The number of rotatable bonds is 5. The molecule has 0 radical (unpaired) electrons. The number of amides is 1. The summed E-state index contributed by atoms with van der Waals surface area (Å²) in [6.45, 7) is 8.89. The van der Waals surface area contributed by atoms with Crippen LogP contribution in [0.5, 0.6) is 0 Å². The molecular formula is C16H33N3O. The van der Waals surface area contributed by atoms with Crippen molar-refractivity contribution in [3.05, 3.63) is 0 Å². The molecule has 1 fully saturated rings. The Balaban J connectivity index is 2.54. The Bertz CT molecular complexity index is 311. The molecule has 1 aliphatic carbocycles. The van der Waals surface area contributed by atoms with Gasteiger partial charge in [0.15, 0.2) is 0 Å².